The molecule has 0 aromatic heterocycles. The average Bonchev–Trinajstić information content (AvgIpc) is 3.03. The number of methoxy groups -OCH3 is 1. The topological polar surface area (TPSA) is 41.6 Å². The third-order valence-electron chi connectivity index (χ3n) is 5.39. The van der Waals surface area contributed by atoms with Crippen LogP contribution in [0, 0.1) is 11.8 Å². The number of unbranched alkanes of at least 4 members (excludes halogenated alkanes) is 1. The number of likely N-dealkylation sites (N-methyl/N-ethyl adjacent to an activating group) is 1. The van der Waals surface area contributed by atoms with Crippen LogP contribution in [0.4, 0.5) is 0 Å². The van der Waals surface area contributed by atoms with E-state index in [0.29, 0.717) is 0 Å². The lowest BCUT2D eigenvalue weighted by molar-refractivity contribution is -0.148. The highest BCUT2D eigenvalue weighted by Crippen LogP contribution is 2.37. The van der Waals surface area contributed by atoms with E-state index in [1.807, 2.05) is 14.0 Å². The molecule has 0 spiro atoms. The van der Waals surface area contributed by atoms with Gasteiger partial charge in [0.1, 0.15) is 5.54 Å². The number of carbonyl (C=O) groups excluding carboxylic acids is 1. The molecule has 1 aliphatic heterocycles. The Balaban J connectivity index is 1.65. The standard InChI is InChI=1S/C16H30N2O2/c1-16(17-2,15(19)20-3)9-4-5-10-18-11-13-7-6-8-14(13)12-18/h13-14,17H,4-12H2,1-3H3. The molecule has 1 aliphatic carbocycles. The maximum absolute atomic E-state index is 11.8. The van der Waals surface area contributed by atoms with E-state index in [1.165, 1.54) is 52.4 Å². The van der Waals surface area contributed by atoms with Crippen molar-refractivity contribution in [2.24, 2.45) is 11.8 Å². The zero-order valence-corrected chi connectivity index (χ0v) is 13.3. The van der Waals surface area contributed by atoms with E-state index < -0.39 is 5.54 Å². The lowest BCUT2D eigenvalue weighted by Gasteiger charge is -2.26. The molecule has 2 rings (SSSR count). The van der Waals surface area contributed by atoms with E-state index in [0.717, 1.165) is 24.7 Å². The molecule has 3 unspecified atom stereocenters. The highest BCUT2D eigenvalue weighted by molar-refractivity contribution is 5.80. The van der Waals surface area contributed by atoms with Gasteiger partial charge in [-0.1, -0.05) is 6.42 Å². The fourth-order valence-electron chi connectivity index (χ4n) is 3.88. The molecule has 116 valence electrons. The van der Waals surface area contributed by atoms with Gasteiger partial charge in [-0.25, -0.2) is 0 Å². The zero-order valence-electron chi connectivity index (χ0n) is 13.3. The molecule has 0 bridgehead atoms. The van der Waals surface area contributed by atoms with Gasteiger partial charge in [-0.15, -0.1) is 0 Å². The molecule has 0 aromatic rings. The number of hydrogen-bond donors (Lipinski definition) is 1. The van der Waals surface area contributed by atoms with E-state index >= 15 is 0 Å². The van der Waals surface area contributed by atoms with Gasteiger partial charge in [0.15, 0.2) is 0 Å². The van der Waals surface area contributed by atoms with Crippen molar-refractivity contribution >= 4 is 5.97 Å². The summed E-state index contributed by atoms with van der Waals surface area (Å²) in [5.74, 6) is 1.80. The first kappa shape index (κ1) is 15.8. The molecule has 0 amide bonds. The number of esters is 1. The number of fused-ring (bicyclic) bond motifs is 1. The van der Waals surface area contributed by atoms with Crippen molar-refractivity contribution in [1.29, 1.82) is 0 Å². The largest absolute Gasteiger partial charge is 0.468 e. The van der Waals surface area contributed by atoms with Crippen LogP contribution in [0.1, 0.15) is 45.4 Å². The first-order valence-corrected chi connectivity index (χ1v) is 8.09. The summed E-state index contributed by atoms with van der Waals surface area (Å²) in [6, 6.07) is 0. The minimum atomic E-state index is -0.531. The number of rotatable bonds is 7. The van der Waals surface area contributed by atoms with Crippen molar-refractivity contribution in [2.45, 2.75) is 51.0 Å². The van der Waals surface area contributed by atoms with Gasteiger partial charge in [0.25, 0.3) is 0 Å². The van der Waals surface area contributed by atoms with E-state index in [-0.39, 0.29) is 5.97 Å². The van der Waals surface area contributed by atoms with Gasteiger partial charge in [0, 0.05) is 13.1 Å². The van der Waals surface area contributed by atoms with Gasteiger partial charge in [-0.3, -0.25) is 4.79 Å². The minimum Gasteiger partial charge on any atom is -0.468 e. The zero-order chi connectivity index (χ0) is 14.6. The molecule has 2 aliphatic rings. The number of likely N-dealkylation sites (tertiary alicyclic amines) is 1. The summed E-state index contributed by atoms with van der Waals surface area (Å²) in [7, 11) is 3.29. The minimum absolute atomic E-state index is 0.157. The Morgan fingerprint density at radius 2 is 1.95 bits per heavy atom. The third-order valence-corrected chi connectivity index (χ3v) is 5.39. The number of ether oxygens (including phenoxy) is 1. The number of hydrogen-bond acceptors (Lipinski definition) is 4. The van der Waals surface area contributed by atoms with Crippen molar-refractivity contribution in [2.75, 3.05) is 33.8 Å². The van der Waals surface area contributed by atoms with Crippen molar-refractivity contribution in [3.8, 4) is 0 Å². The molecule has 2 fully saturated rings. The first-order valence-electron chi connectivity index (χ1n) is 8.09. The first-order chi connectivity index (χ1) is 9.59. The van der Waals surface area contributed by atoms with Crippen molar-refractivity contribution < 1.29 is 9.53 Å². The van der Waals surface area contributed by atoms with Gasteiger partial charge in [-0.05, 0) is 64.5 Å². The highest BCUT2D eigenvalue weighted by Gasteiger charge is 2.36. The molecule has 3 atom stereocenters. The monoisotopic (exact) mass is 282 g/mol. The summed E-state index contributed by atoms with van der Waals surface area (Å²) in [4.78, 5) is 14.4. The molecule has 1 N–H and O–H groups in total. The lowest BCUT2D eigenvalue weighted by atomic mass is 9.95. The molecule has 1 heterocycles. The molecule has 20 heavy (non-hydrogen) atoms. The number of nitrogens with one attached hydrogen (secondary N) is 1. The number of nitrogens with zero attached hydrogens (tertiary/aromatic N) is 1. The smallest absolute Gasteiger partial charge is 0.325 e. The van der Waals surface area contributed by atoms with E-state index in [1.54, 1.807) is 0 Å². The third kappa shape index (κ3) is 3.53. The molecule has 0 aromatic carbocycles. The van der Waals surface area contributed by atoms with E-state index in [2.05, 4.69) is 10.2 Å². The van der Waals surface area contributed by atoms with Crippen molar-refractivity contribution in [3.05, 3.63) is 0 Å². The van der Waals surface area contributed by atoms with Gasteiger partial charge in [0.2, 0.25) is 0 Å². The van der Waals surface area contributed by atoms with E-state index in [9.17, 15) is 4.79 Å². The van der Waals surface area contributed by atoms with Gasteiger partial charge >= 0.3 is 5.97 Å². The average molecular weight is 282 g/mol. The second-order valence-corrected chi connectivity index (χ2v) is 6.74. The predicted octanol–water partition coefficient (Wildman–Crippen LogP) is 2.04. The van der Waals surface area contributed by atoms with Crippen LogP contribution in [0.2, 0.25) is 0 Å². The van der Waals surface area contributed by atoms with Crippen LogP contribution < -0.4 is 5.32 Å². The lowest BCUT2D eigenvalue weighted by Crippen LogP contribution is -2.48. The molecule has 1 saturated heterocycles. The molecule has 4 nitrogen and oxygen atoms in total. The maximum atomic E-state index is 11.8. The molecule has 4 heteroatoms. The maximum Gasteiger partial charge on any atom is 0.325 e. The van der Waals surface area contributed by atoms with Crippen LogP contribution in [-0.4, -0.2) is 50.2 Å². The second kappa shape index (κ2) is 6.90. The van der Waals surface area contributed by atoms with Crippen LogP contribution >= 0.6 is 0 Å². The van der Waals surface area contributed by atoms with E-state index in [4.69, 9.17) is 4.74 Å². The summed E-state index contributed by atoms with van der Waals surface area (Å²) >= 11 is 0. The highest BCUT2D eigenvalue weighted by atomic mass is 16.5. The summed E-state index contributed by atoms with van der Waals surface area (Å²) in [6.45, 7) is 5.74. The van der Waals surface area contributed by atoms with Gasteiger partial charge in [0.05, 0.1) is 7.11 Å². The van der Waals surface area contributed by atoms with Crippen molar-refractivity contribution in [3.63, 3.8) is 0 Å². The Morgan fingerprint density at radius 3 is 2.50 bits per heavy atom. The Bertz CT molecular complexity index is 322. The van der Waals surface area contributed by atoms with Crippen LogP contribution in [0.25, 0.3) is 0 Å². The SMILES string of the molecule is CNC(C)(CCCCN1CC2CCCC2C1)C(=O)OC. The van der Waals surface area contributed by atoms with Crippen LogP contribution in [0.5, 0.6) is 0 Å². The summed E-state index contributed by atoms with van der Waals surface area (Å²) in [5.41, 5.74) is -0.531. The Morgan fingerprint density at radius 1 is 1.30 bits per heavy atom. The summed E-state index contributed by atoms with van der Waals surface area (Å²) < 4.78 is 4.88. The second-order valence-electron chi connectivity index (χ2n) is 6.74. The van der Waals surface area contributed by atoms with Crippen LogP contribution in [-0.2, 0) is 9.53 Å². The quantitative estimate of drug-likeness (QED) is 0.573. The van der Waals surface area contributed by atoms with Gasteiger partial charge < -0.3 is 15.0 Å². The normalized spacial score (nSPS) is 29.1. The molecule has 0 radical (unpaired) electrons. The predicted molar refractivity (Wildman–Crippen MR) is 80.6 cm³/mol. The Labute approximate surface area is 123 Å². The Kier molecular flexibility index (Phi) is 5.44. The number of carbonyl (C=O) groups is 1. The van der Waals surface area contributed by atoms with Crippen molar-refractivity contribution in [1.82, 2.24) is 10.2 Å². The Hall–Kier alpha value is -0.610. The van der Waals surface area contributed by atoms with Crippen LogP contribution in [0.3, 0.4) is 0 Å². The summed E-state index contributed by atoms with van der Waals surface area (Å²) in [5, 5.41) is 3.10. The van der Waals surface area contributed by atoms with Gasteiger partial charge in [-0.2, -0.15) is 0 Å². The molecule has 1 saturated carbocycles. The molecular weight excluding hydrogens is 252 g/mol. The summed E-state index contributed by atoms with van der Waals surface area (Å²) in [6.07, 6.45) is 7.42. The fraction of sp³-hybridized carbons (Fsp3) is 0.938. The molecular formula is C16H30N2O2. The van der Waals surface area contributed by atoms with Crippen LogP contribution in [0.15, 0.2) is 0 Å². The fourth-order valence-corrected chi connectivity index (χ4v) is 3.88.